The van der Waals surface area contributed by atoms with Gasteiger partial charge in [0.1, 0.15) is 5.82 Å². The monoisotopic (exact) mass is 468 g/mol. The Balaban J connectivity index is 1.44. The molecule has 0 amide bonds. The summed E-state index contributed by atoms with van der Waals surface area (Å²) in [6, 6.07) is 25.7. The summed E-state index contributed by atoms with van der Waals surface area (Å²) < 4.78 is 15.0. The Morgan fingerprint density at radius 3 is 1.92 bits per heavy atom. The van der Waals surface area contributed by atoms with Crippen molar-refractivity contribution in [2.24, 2.45) is 0 Å². The van der Waals surface area contributed by atoms with Crippen molar-refractivity contribution in [3.05, 3.63) is 143 Å². The third-order valence-corrected chi connectivity index (χ3v) is 6.02. The molecule has 0 fully saturated rings. The van der Waals surface area contributed by atoms with Gasteiger partial charge in [-0.1, -0.05) is 78.3 Å². The molecule has 0 N–H and O–H groups in total. The maximum absolute atomic E-state index is 15.0. The Labute approximate surface area is 214 Å². The Morgan fingerprint density at radius 1 is 0.694 bits per heavy atom. The summed E-state index contributed by atoms with van der Waals surface area (Å²) in [5.74, 6) is 12.2. The van der Waals surface area contributed by atoms with E-state index < -0.39 is 0 Å². The van der Waals surface area contributed by atoms with E-state index >= 15 is 4.39 Å². The molecule has 4 rings (SSSR count). The molecule has 0 atom stereocenters. The van der Waals surface area contributed by atoms with E-state index in [4.69, 9.17) is 0 Å². The van der Waals surface area contributed by atoms with Gasteiger partial charge in [0.25, 0.3) is 0 Å². The molecule has 1 heteroatoms. The van der Waals surface area contributed by atoms with Crippen LogP contribution in [0.3, 0.4) is 0 Å². The molecule has 0 saturated carbocycles. The van der Waals surface area contributed by atoms with Crippen molar-refractivity contribution in [1.29, 1.82) is 0 Å². The predicted molar refractivity (Wildman–Crippen MR) is 150 cm³/mol. The van der Waals surface area contributed by atoms with Gasteiger partial charge in [-0.3, -0.25) is 0 Å². The summed E-state index contributed by atoms with van der Waals surface area (Å²) in [6.07, 6.45) is 10.1. The number of allylic oxidation sites excluding steroid dienone is 3. The third-order valence-electron chi connectivity index (χ3n) is 6.02. The minimum Gasteiger partial charge on any atom is -0.205 e. The van der Waals surface area contributed by atoms with Crippen molar-refractivity contribution < 1.29 is 4.39 Å². The summed E-state index contributed by atoms with van der Waals surface area (Å²) >= 11 is 0. The van der Waals surface area contributed by atoms with Crippen molar-refractivity contribution in [2.75, 3.05) is 0 Å². The molecule has 0 saturated heterocycles. The van der Waals surface area contributed by atoms with Gasteiger partial charge in [-0.05, 0) is 91.6 Å². The molecule has 0 aliphatic carbocycles. The first-order chi connectivity index (χ1) is 17.7. The number of hydrogen-bond donors (Lipinski definition) is 0. The third kappa shape index (κ3) is 6.63. The van der Waals surface area contributed by atoms with Crippen molar-refractivity contribution in [2.45, 2.75) is 32.6 Å². The van der Waals surface area contributed by atoms with E-state index in [1.165, 1.54) is 11.1 Å². The second-order valence-corrected chi connectivity index (χ2v) is 8.69. The quantitative estimate of drug-likeness (QED) is 0.197. The fourth-order valence-electron chi connectivity index (χ4n) is 3.95. The number of aryl methyl sites for hydroxylation is 2. The summed E-state index contributed by atoms with van der Waals surface area (Å²) in [5.41, 5.74) is 5.64. The molecule has 0 aliphatic rings. The zero-order chi connectivity index (χ0) is 25.2. The molecule has 0 aliphatic heterocycles. The van der Waals surface area contributed by atoms with Crippen LogP contribution in [-0.4, -0.2) is 0 Å². The molecule has 4 aromatic rings. The van der Waals surface area contributed by atoms with Gasteiger partial charge in [0.15, 0.2) is 0 Å². The topological polar surface area (TPSA) is 0 Å². The van der Waals surface area contributed by atoms with Crippen LogP contribution in [0, 0.1) is 29.5 Å². The van der Waals surface area contributed by atoms with Crippen molar-refractivity contribution >= 4 is 10.8 Å². The van der Waals surface area contributed by atoms with E-state index in [1.807, 2.05) is 61.5 Å². The Hall–Kier alpha value is -4.33. The average molecular weight is 469 g/mol. The maximum Gasteiger partial charge on any atom is 0.146 e. The molecule has 0 aromatic heterocycles. The van der Waals surface area contributed by atoms with Crippen molar-refractivity contribution in [1.82, 2.24) is 0 Å². The summed E-state index contributed by atoms with van der Waals surface area (Å²) in [4.78, 5) is 0. The molecular formula is C35H29F. The molecule has 36 heavy (non-hydrogen) atoms. The molecule has 0 spiro atoms. The lowest BCUT2D eigenvalue weighted by Gasteiger charge is -2.05. The number of hydrogen-bond acceptors (Lipinski definition) is 0. The van der Waals surface area contributed by atoms with Gasteiger partial charge in [-0.2, -0.15) is 0 Å². The summed E-state index contributed by atoms with van der Waals surface area (Å²) in [6.45, 7) is 5.81. The Bertz CT molecular complexity index is 1500. The van der Waals surface area contributed by atoms with Crippen LogP contribution in [0.25, 0.3) is 10.8 Å². The number of rotatable bonds is 6. The van der Waals surface area contributed by atoms with Gasteiger partial charge in [0.05, 0.1) is 5.56 Å². The largest absolute Gasteiger partial charge is 0.205 e. The minimum absolute atomic E-state index is 0.273. The summed E-state index contributed by atoms with van der Waals surface area (Å²) in [7, 11) is 0. The molecule has 176 valence electrons. The summed E-state index contributed by atoms with van der Waals surface area (Å²) in [5, 5.41) is 1.49. The van der Waals surface area contributed by atoms with E-state index in [9.17, 15) is 0 Å². The highest BCUT2D eigenvalue weighted by atomic mass is 19.1. The Morgan fingerprint density at radius 2 is 1.28 bits per heavy atom. The lowest BCUT2D eigenvalue weighted by molar-refractivity contribution is 0.636. The number of fused-ring (bicyclic) bond motifs is 1. The van der Waals surface area contributed by atoms with E-state index in [1.54, 1.807) is 6.07 Å². The fourth-order valence-corrected chi connectivity index (χ4v) is 3.95. The van der Waals surface area contributed by atoms with Gasteiger partial charge in [0.2, 0.25) is 0 Å². The highest BCUT2D eigenvalue weighted by molar-refractivity contribution is 5.85. The van der Waals surface area contributed by atoms with Gasteiger partial charge in [-0.25, -0.2) is 4.39 Å². The van der Waals surface area contributed by atoms with Crippen LogP contribution in [0.2, 0.25) is 0 Å². The number of benzene rings is 4. The normalized spacial score (nSPS) is 10.5. The van der Waals surface area contributed by atoms with E-state index in [2.05, 4.69) is 66.7 Å². The molecule has 4 aromatic carbocycles. The second-order valence-electron chi connectivity index (χ2n) is 8.69. The fraction of sp³-hybridized carbons (Fsp3) is 0.143. The van der Waals surface area contributed by atoms with Crippen LogP contribution in [0.5, 0.6) is 0 Å². The van der Waals surface area contributed by atoms with Gasteiger partial charge < -0.3 is 0 Å². The minimum atomic E-state index is -0.273. The van der Waals surface area contributed by atoms with E-state index in [-0.39, 0.29) is 5.82 Å². The highest BCUT2D eigenvalue weighted by Crippen LogP contribution is 2.23. The first kappa shape index (κ1) is 24.8. The first-order valence-electron chi connectivity index (χ1n) is 12.3. The average Bonchev–Trinajstić information content (AvgIpc) is 2.92. The molecule has 0 bridgehead atoms. The number of halogens is 1. The maximum atomic E-state index is 15.0. The van der Waals surface area contributed by atoms with Crippen LogP contribution >= 0.6 is 0 Å². The van der Waals surface area contributed by atoms with E-state index in [0.717, 1.165) is 47.8 Å². The molecular weight excluding hydrogens is 439 g/mol. The van der Waals surface area contributed by atoms with Crippen molar-refractivity contribution in [3.63, 3.8) is 0 Å². The van der Waals surface area contributed by atoms with Crippen LogP contribution < -0.4 is 0 Å². The standard InChI is InChI=1S/C35H29F/c1-3-5-7-9-27-10-12-28(13-11-27)14-15-29-16-18-30(19-17-29)20-22-32-23-24-33-26-31(8-6-4-2)21-25-34(33)35(32)36/h3-5,10-13,16-19,21,23-26H,2,6-9H2,1H3/b5-3+. The van der Waals surface area contributed by atoms with Gasteiger partial charge >= 0.3 is 0 Å². The lowest BCUT2D eigenvalue weighted by Crippen LogP contribution is -1.89. The predicted octanol–water partition coefficient (Wildman–Crippen LogP) is 8.41. The molecule has 0 nitrogen and oxygen atoms in total. The highest BCUT2D eigenvalue weighted by Gasteiger charge is 2.06. The van der Waals surface area contributed by atoms with Crippen LogP contribution in [0.1, 0.15) is 53.1 Å². The SMILES string of the molecule is C=CCCc1ccc2c(F)c(C#Cc3ccc(C#Cc4ccc(CC/C=C/C)cc4)cc3)ccc2c1. The smallest absolute Gasteiger partial charge is 0.146 e. The van der Waals surface area contributed by atoms with Crippen LogP contribution in [0.4, 0.5) is 4.39 Å². The molecule has 0 heterocycles. The van der Waals surface area contributed by atoms with Crippen LogP contribution in [-0.2, 0) is 12.8 Å². The Kier molecular flexibility index (Phi) is 8.53. The lowest BCUT2D eigenvalue weighted by atomic mass is 10.0. The second kappa shape index (κ2) is 12.4. The first-order valence-corrected chi connectivity index (χ1v) is 12.3. The molecule has 0 unspecified atom stereocenters. The van der Waals surface area contributed by atoms with Gasteiger partial charge in [0, 0.05) is 22.1 Å². The van der Waals surface area contributed by atoms with Gasteiger partial charge in [-0.15, -0.1) is 6.58 Å². The molecule has 0 radical (unpaired) electrons. The van der Waals surface area contributed by atoms with Crippen molar-refractivity contribution in [3.8, 4) is 23.7 Å². The van der Waals surface area contributed by atoms with Crippen LogP contribution in [0.15, 0.2) is 104 Å². The zero-order valence-corrected chi connectivity index (χ0v) is 20.7. The zero-order valence-electron chi connectivity index (χ0n) is 20.7. The van der Waals surface area contributed by atoms with E-state index in [0.29, 0.717) is 10.9 Å².